The van der Waals surface area contributed by atoms with E-state index in [1.165, 1.54) is 108 Å². The van der Waals surface area contributed by atoms with Gasteiger partial charge in [0.15, 0.2) is 5.13 Å². The Labute approximate surface area is 214 Å². The van der Waals surface area contributed by atoms with Gasteiger partial charge in [-0.25, -0.2) is 4.98 Å². The van der Waals surface area contributed by atoms with Crippen LogP contribution in [-0.2, 0) is 0 Å². The van der Waals surface area contributed by atoms with Gasteiger partial charge in [0, 0.05) is 16.6 Å². The molecule has 0 saturated heterocycles. The second kappa shape index (κ2) is 18.2. The number of anilines is 1. The quantitative estimate of drug-likeness (QED) is 0.136. The Morgan fingerprint density at radius 1 is 0.788 bits per heavy atom. The van der Waals surface area contributed by atoms with Crippen LogP contribution in [0, 0.1) is 0 Å². The smallest absolute Gasteiger partial charge is 0.204 e. The molecule has 0 radical (unpaired) electrons. The van der Waals surface area contributed by atoms with Crippen molar-refractivity contribution in [1.29, 1.82) is 0 Å². The molecule has 1 aromatic carbocycles. The normalized spacial score (nSPS) is 11.1. The summed E-state index contributed by atoms with van der Waals surface area (Å²) in [5, 5.41) is 4.22. The number of carbonyl (C=O) groups excluding carboxylic acids is 1. The van der Waals surface area contributed by atoms with Crippen LogP contribution in [0.1, 0.15) is 125 Å². The average molecular weight is 536 g/mol. The maximum absolute atomic E-state index is 12.5. The van der Waals surface area contributed by atoms with E-state index in [0.717, 1.165) is 22.6 Å². The fourth-order valence-electron chi connectivity index (χ4n) is 4.07. The summed E-state index contributed by atoms with van der Waals surface area (Å²) in [6.45, 7) is 3.21. The van der Waals surface area contributed by atoms with E-state index in [-0.39, 0.29) is 5.78 Å². The van der Waals surface area contributed by atoms with E-state index in [1.54, 1.807) is 6.20 Å². The fourth-order valence-corrected chi connectivity index (χ4v) is 5.14. The number of carbonyl (C=O) groups is 1. The third-order valence-electron chi connectivity index (χ3n) is 6.14. The number of hydrogen-bond donors (Lipinski definition) is 1. The summed E-state index contributed by atoms with van der Waals surface area (Å²) in [6.07, 6.45) is 23.9. The second-order valence-electron chi connectivity index (χ2n) is 9.10. The van der Waals surface area contributed by atoms with Crippen molar-refractivity contribution in [3.8, 4) is 0 Å². The number of ketones is 1. The van der Waals surface area contributed by atoms with E-state index in [4.69, 9.17) is 0 Å². The molecule has 1 aromatic heterocycles. The van der Waals surface area contributed by atoms with Gasteiger partial charge >= 0.3 is 0 Å². The number of rotatable bonds is 20. The van der Waals surface area contributed by atoms with E-state index < -0.39 is 0 Å². The summed E-state index contributed by atoms with van der Waals surface area (Å²) < 4.78 is 0.976. The molecular weight excluding hydrogens is 492 g/mol. The predicted octanol–water partition coefficient (Wildman–Crippen LogP) is 9.81. The molecule has 0 atom stereocenters. The molecule has 184 valence electrons. The van der Waals surface area contributed by atoms with Crippen molar-refractivity contribution in [3.63, 3.8) is 0 Å². The molecule has 2 aromatic rings. The Kier molecular flexibility index (Phi) is 15.4. The van der Waals surface area contributed by atoms with Crippen molar-refractivity contribution in [2.75, 3.05) is 11.9 Å². The lowest BCUT2D eigenvalue weighted by molar-refractivity contribution is 0.104. The first-order valence-corrected chi connectivity index (χ1v) is 14.8. The zero-order chi connectivity index (χ0) is 23.6. The van der Waals surface area contributed by atoms with Crippen LogP contribution in [0.15, 0.2) is 34.9 Å². The largest absolute Gasteiger partial charge is 0.362 e. The van der Waals surface area contributed by atoms with Crippen LogP contribution >= 0.6 is 27.3 Å². The molecule has 0 aliphatic heterocycles. The number of unbranched alkanes of at least 4 members (excludes halogenated alkanes) is 15. The summed E-state index contributed by atoms with van der Waals surface area (Å²) in [5.74, 6) is 0.0375. The van der Waals surface area contributed by atoms with Crippen LogP contribution in [0.2, 0.25) is 0 Å². The third kappa shape index (κ3) is 12.7. The standard InChI is InChI=1S/C28H43BrN2OS/c1-2-3-4-5-6-7-8-9-10-11-12-13-14-15-16-17-22-30-28-31-23-26(33-28)27(32)24-18-20-25(29)21-19-24/h18-21,23H,2-17,22H2,1H3,(H,30,31). The topological polar surface area (TPSA) is 42.0 Å². The molecule has 0 bridgehead atoms. The van der Waals surface area contributed by atoms with Crippen LogP contribution in [0.25, 0.3) is 0 Å². The van der Waals surface area contributed by atoms with Crippen molar-refractivity contribution >= 4 is 38.2 Å². The molecule has 0 amide bonds. The highest BCUT2D eigenvalue weighted by atomic mass is 79.9. The first kappa shape index (κ1) is 28.0. The summed E-state index contributed by atoms with van der Waals surface area (Å²) in [4.78, 5) is 17.6. The van der Waals surface area contributed by atoms with Crippen LogP contribution in [0.5, 0.6) is 0 Å². The van der Waals surface area contributed by atoms with E-state index >= 15 is 0 Å². The van der Waals surface area contributed by atoms with Gasteiger partial charge in [-0.2, -0.15) is 0 Å². The second-order valence-corrected chi connectivity index (χ2v) is 11.0. The van der Waals surface area contributed by atoms with Gasteiger partial charge in [0.1, 0.15) is 0 Å². The van der Waals surface area contributed by atoms with Crippen molar-refractivity contribution < 1.29 is 4.79 Å². The lowest BCUT2D eigenvalue weighted by Gasteiger charge is -2.04. The van der Waals surface area contributed by atoms with Gasteiger partial charge in [-0.05, 0) is 30.7 Å². The third-order valence-corrected chi connectivity index (χ3v) is 7.62. The van der Waals surface area contributed by atoms with Crippen LogP contribution in [0.3, 0.4) is 0 Å². The molecular formula is C28H43BrN2OS. The number of nitrogens with one attached hydrogen (secondary N) is 1. The zero-order valence-corrected chi connectivity index (χ0v) is 23.0. The monoisotopic (exact) mass is 534 g/mol. The molecule has 0 fully saturated rings. The Balaban J connectivity index is 1.39. The highest BCUT2D eigenvalue weighted by molar-refractivity contribution is 9.10. The minimum atomic E-state index is 0.0375. The number of thiazole rings is 1. The number of aromatic nitrogens is 1. The number of benzene rings is 1. The molecule has 1 N–H and O–H groups in total. The lowest BCUT2D eigenvalue weighted by atomic mass is 10.0. The van der Waals surface area contributed by atoms with Crippen LogP contribution in [-0.4, -0.2) is 17.3 Å². The van der Waals surface area contributed by atoms with Crippen molar-refractivity contribution in [3.05, 3.63) is 45.4 Å². The fraction of sp³-hybridized carbons (Fsp3) is 0.643. The minimum absolute atomic E-state index is 0.0375. The maximum Gasteiger partial charge on any atom is 0.204 e. The average Bonchev–Trinajstić information content (AvgIpc) is 3.30. The lowest BCUT2D eigenvalue weighted by Crippen LogP contribution is -2.00. The Bertz CT molecular complexity index is 760. The van der Waals surface area contributed by atoms with E-state index in [9.17, 15) is 4.79 Å². The van der Waals surface area contributed by atoms with Gasteiger partial charge in [-0.15, -0.1) is 0 Å². The molecule has 1 heterocycles. The minimum Gasteiger partial charge on any atom is -0.362 e. The predicted molar refractivity (Wildman–Crippen MR) is 148 cm³/mol. The molecule has 0 aliphatic carbocycles. The molecule has 2 rings (SSSR count). The van der Waals surface area contributed by atoms with Crippen LogP contribution < -0.4 is 5.32 Å². The number of hydrogen-bond acceptors (Lipinski definition) is 4. The van der Waals surface area contributed by atoms with Gasteiger partial charge in [0.2, 0.25) is 5.78 Å². The van der Waals surface area contributed by atoms with E-state index in [1.807, 2.05) is 24.3 Å². The Morgan fingerprint density at radius 2 is 1.27 bits per heavy atom. The summed E-state index contributed by atoms with van der Waals surface area (Å²) in [5.41, 5.74) is 0.700. The van der Waals surface area contributed by atoms with Gasteiger partial charge in [-0.3, -0.25) is 4.79 Å². The van der Waals surface area contributed by atoms with Gasteiger partial charge < -0.3 is 5.32 Å². The summed E-state index contributed by atoms with van der Waals surface area (Å²) in [6, 6.07) is 7.47. The Morgan fingerprint density at radius 3 is 1.79 bits per heavy atom. The summed E-state index contributed by atoms with van der Waals surface area (Å²) in [7, 11) is 0. The summed E-state index contributed by atoms with van der Waals surface area (Å²) >= 11 is 4.85. The van der Waals surface area contributed by atoms with Crippen LogP contribution in [0.4, 0.5) is 5.13 Å². The van der Waals surface area contributed by atoms with E-state index in [0.29, 0.717) is 10.4 Å². The van der Waals surface area contributed by atoms with E-state index in [2.05, 4.69) is 33.2 Å². The van der Waals surface area contributed by atoms with Gasteiger partial charge in [0.05, 0.1) is 11.1 Å². The zero-order valence-electron chi connectivity index (χ0n) is 20.5. The molecule has 0 aliphatic rings. The molecule has 0 spiro atoms. The highest BCUT2D eigenvalue weighted by Gasteiger charge is 2.12. The molecule has 0 saturated carbocycles. The first-order valence-electron chi connectivity index (χ1n) is 13.2. The maximum atomic E-state index is 12.5. The van der Waals surface area contributed by atoms with Crippen molar-refractivity contribution in [1.82, 2.24) is 4.98 Å². The Hall–Kier alpha value is -1.20. The van der Waals surface area contributed by atoms with Crippen molar-refractivity contribution in [2.45, 2.75) is 110 Å². The molecule has 0 unspecified atom stereocenters. The van der Waals surface area contributed by atoms with Gasteiger partial charge in [0.25, 0.3) is 0 Å². The number of nitrogens with zero attached hydrogens (tertiary/aromatic N) is 1. The first-order chi connectivity index (χ1) is 16.2. The SMILES string of the molecule is CCCCCCCCCCCCCCCCCCNc1ncc(C(=O)c2ccc(Br)cc2)s1. The molecule has 33 heavy (non-hydrogen) atoms. The number of halogens is 1. The molecule has 5 heteroatoms. The van der Waals surface area contributed by atoms with Gasteiger partial charge in [-0.1, -0.05) is 131 Å². The molecule has 3 nitrogen and oxygen atoms in total. The highest BCUT2D eigenvalue weighted by Crippen LogP contribution is 2.22. The van der Waals surface area contributed by atoms with Crippen molar-refractivity contribution in [2.24, 2.45) is 0 Å².